The van der Waals surface area contributed by atoms with Crippen molar-refractivity contribution in [2.24, 2.45) is 0 Å². The Bertz CT molecular complexity index is 355. The molecule has 0 saturated carbocycles. The van der Waals surface area contributed by atoms with Crippen molar-refractivity contribution in [3.05, 3.63) is 0 Å². The van der Waals surface area contributed by atoms with Gasteiger partial charge in [-0.1, -0.05) is 58.3 Å². The lowest BCUT2D eigenvalue weighted by atomic mass is 10.0. The molecule has 0 aromatic rings. The van der Waals surface area contributed by atoms with Gasteiger partial charge in [0.2, 0.25) is 0 Å². The number of hydrogen-bond acceptors (Lipinski definition) is 6. The summed E-state index contributed by atoms with van der Waals surface area (Å²) in [4.78, 5) is 31.0. The van der Waals surface area contributed by atoms with E-state index in [4.69, 9.17) is 10.2 Å². The summed E-state index contributed by atoms with van der Waals surface area (Å²) in [7, 11) is 0. The van der Waals surface area contributed by atoms with E-state index in [2.05, 4.69) is 6.92 Å². The normalized spacial score (nSPS) is 12.7. The summed E-state index contributed by atoms with van der Waals surface area (Å²) in [6, 6.07) is 0. The Hall–Kier alpha value is -1.11. The molecule has 2 atom stereocenters. The van der Waals surface area contributed by atoms with Crippen LogP contribution in [0.4, 0.5) is 0 Å². The molecule has 0 amide bonds. The van der Waals surface area contributed by atoms with E-state index in [-0.39, 0.29) is 23.8 Å². The summed E-state index contributed by atoms with van der Waals surface area (Å²) in [5.41, 5.74) is 0. The fourth-order valence-corrected chi connectivity index (χ4v) is 2.07. The lowest BCUT2D eigenvalue weighted by Gasteiger charge is -2.13. The summed E-state index contributed by atoms with van der Waals surface area (Å²) in [5, 5.41) is 27.1. The molecule has 0 aliphatic carbocycles. The second-order valence-electron chi connectivity index (χ2n) is 6.35. The minimum absolute atomic E-state index is 0.286. The van der Waals surface area contributed by atoms with Gasteiger partial charge in [-0.15, -0.1) is 0 Å². The Balaban J connectivity index is 0. The maximum atomic E-state index is 11.4. The first kappa shape index (κ1) is 26.1. The van der Waals surface area contributed by atoms with E-state index in [1.165, 1.54) is 52.4 Å². The van der Waals surface area contributed by atoms with E-state index in [0.29, 0.717) is 0 Å². The second-order valence-corrected chi connectivity index (χ2v) is 6.35. The lowest BCUT2D eigenvalue weighted by molar-refractivity contribution is -0.134. The quantitative estimate of drug-likeness (QED) is 0.324. The predicted molar refractivity (Wildman–Crippen MR) is 97.3 cm³/mol. The zero-order chi connectivity index (χ0) is 19.7. The summed E-state index contributed by atoms with van der Waals surface area (Å²) < 4.78 is 0. The molecule has 3 N–H and O–H groups in total. The minimum atomic E-state index is -1.43. The fraction of sp³-hybridized carbons (Fsp3) is 0.842. The largest absolute Gasteiger partial charge is 0.394 e. The maximum Gasteiger partial charge on any atom is 0.195 e. The van der Waals surface area contributed by atoms with Crippen LogP contribution in [0.5, 0.6) is 0 Å². The third kappa shape index (κ3) is 17.5. The molecule has 0 aliphatic rings. The van der Waals surface area contributed by atoms with Gasteiger partial charge in [0.25, 0.3) is 0 Å². The van der Waals surface area contributed by atoms with E-state index in [9.17, 15) is 19.5 Å². The van der Waals surface area contributed by atoms with Crippen LogP contribution in [0.3, 0.4) is 0 Å². The smallest absolute Gasteiger partial charge is 0.195 e. The Kier molecular flexibility index (Phi) is 18.5. The highest BCUT2D eigenvalue weighted by Crippen LogP contribution is 2.11. The van der Waals surface area contributed by atoms with Crippen molar-refractivity contribution < 1.29 is 29.7 Å². The third-order valence-electron chi connectivity index (χ3n) is 3.90. The summed E-state index contributed by atoms with van der Waals surface area (Å²) in [6.45, 7) is 4.13. The first-order valence-electron chi connectivity index (χ1n) is 9.29. The van der Waals surface area contributed by atoms with Gasteiger partial charge in [-0.05, 0) is 6.42 Å². The highest BCUT2D eigenvalue weighted by Gasteiger charge is 2.22. The first-order valence-corrected chi connectivity index (χ1v) is 9.29. The Morgan fingerprint density at radius 2 is 1.16 bits per heavy atom. The molecule has 25 heavy (non-hydrogen) atoms. The molecule has 2 unspecified atom stereocenters. The lowest BCUT2D eigenvalue weighted by Crippen LogP contribution is -2.36. The Labute approximate surface area is 151 Å². The van der Waals surface area contributed by atoms with Crippen LogP contribution in [0.1, 0.15) is 85.0 Å². The molecular weight excluding hydrogens is 324 g/mol. The molecule has 0 fully saturated rings. The van der Waals surface area contributed by atoms with Crippen LogP contribution in [-0.2, 0) is 14.4 Å². The Morgan fingerprint density at radius 1 is 0.760 bits per heavy atom. The van der Waals surface area contributed by atoms with Crippen molar-refractivity contribution >= 4 is 17.3 Å². The van der Waals surface area contributed by atoms with Crippen LogP contribution in [0.15, 0.2) is 0 Å². The summed E-state index contributed by atoms with van der Waals surface area (Å²) in [5.74, 6) is -1.13. The van der Waals surface area contributed by atoms with E-state index >= 15 is 0 Å². The fourth-order valence-electron chi connectivity index (χ4n) is 2.07. The van der Waals surface area contributed by atoms with Gasteiger partial charge in [0, 0.05) is 20.3 Å². The number of rotatable bonds is 14. The predicted octanol–water partition coefficient (Wildman–Crippen LogP) is 2.35. The van der Waals surface area contributed by atoms with Gasteiger partial charge in [-0.2, -0.15) is 0 Å². The number of carbonyl (C=O) groups excluding carboxylic acids is 3. The van der Waals surface area contributed by atoms with Crippen LogP contribution in [0, 0.1) is 0 Å². The second kappa shape index (κ2) is 17.7. The van der Waals surface area contributed by atoms with Gasteiger partial charge in [0.1, 0.15) is 12.2 Å². The molecule has 6 heteroatoms. The minimum Gasteiger partial charge on any atom is -0.394 e. The van der Waals surface area contributed by atoms with Crippen molar-refractivity contribution in [2.75, 3.05) is 6.61 Å². The van der Waals surface area contributed by atoms with Crippen molar-refractivity contribution in [2.45, 2.75) is 97.2 Å². The highest BCUT2D eigenvalue weighted by molar-refractivity contribution is 6.35. The topological polar surface area (TPSA) is 112 Å². The van der Waals surface area contributed by atoms with Crippen molar-refractivity contribution in [3.63, 3.8) is 0 Å². The van der Waals surface area contributed by atoms with E-state index in [1.807, 2.05) is 0 Å². The van der Waals surface area contributed by atoms with Gasteiger partial charge >= 0.3 is 0 Å². The molecule has 0 bridgehead atoms. The van der Waals surface area contributed by atoms with Gasteiger partial charge in [0.15, 0.2) is 17.3 Å². The molecule has 0 heterocycles. The molecule has 0 aromatic carbocycles. The molecule has 0 spiro atoms. The Morgan fingerprint density at radius 3 is 1.52 bits per heavy atom. The molecule has 0 aliphatic heterocycles. The van der Waals surface area contributed by atoms with Crippen molar-refractivity contribution in [1.29, 1.82) is 0 Å². The summed E-state index contributed by atoms with van der Waals surface area (Å²) >= 11 is 0. The maximum absolute atomic E-state index is 11.4. The van der Waals surface area contributed by atoms with Crippen LogP contribution in [-0.4, -0.2) is 51.5 Å². The van der Waals surface area contributed by atoms with Crippen molar-refractivity contribution in [3.8, 4) is 0 Å². The monoisotopic (exact) mass is 360 g/mol. The number of hydrogen-bond donors (Lipinski definition) is 3. The van der Waals surface area contributed by atoms with Gasteiger partial charge < -0.3 is 15.3 Å². The van der Waals surface area contributed by atoms with E-state index in [1.54, 1.807) is 0 Å². The number of unbranched alkanes of at least 4 members (excludes halogenated alkanes) is 8. The highest BCUT2D eigenvalue weighted by atomic mass is 16.4. The molecule has 6 nitrogen and oxygen atoms in total. The molecule has 0 aromatic heterocycles. The number of ketones is 3. The van der Waals surface area contributed by atoms with Crippen LogP contribution >= 0.6 is 0 Å². The zero-order valence-corrected chi connectivity index (χ0v) is 16.0. The van der Waals surface area contributed by atoms with E-state index < -0.39 is 18.8 Å². The number of aliphatic hydroxyl groups excluding tert-OH is 3. The number of aliphatic hydroxyl groups is 3. The average molecular weight is 360 g/mol. The van der Waals surface area contributed by atoms with Crippen LogP contribution < -0.4 is 0 Å². The number of Topliss-reactive ketones (excluding diaryl/α,β-unsaturated/α-hetero) is 3. The van der Waals surface area contributed by atoms with Crippen LogP contribution in [0.25, 0.3) is 0 Å². The third-order valence-corrected chi connectivity index (χ3v) is 3.90. The molecule has 0 saturated heterocycles. The van der Waals surface area contributed by atoms with Gasteiger partial charge in [0.05, 0.1) is 6.61 Å². The first-order chi connectivity index (χ1) is 11.8. The van der Waals surface area contributed by atoms with E-state index in [0.717, 1.165) is 19.3 Å². The van der Waals surface area contributed by atoms with Gasteiger partial charge in [-0.25, -0.2) is 0 Å². The van der Waals surface area contributed by atoms with Crippen molar-refractivity contribution in [1.82, 2.24) is 0 Å². The van der Waals surface area contributed by atoms with Gasteiger partial charge in [-0.3, -0.25) is 14.4 Å². The average Bonchev–Trinajstić information content (AvgIpc) is 2.59. The SMILES string of the molecule is CC(=O)C(C)=O.CCCCCCCCCCCC(=O)C(O)C(O)CO. The summed E-state index contributed by atoms with van der Waals surface area (Å²) in [6.07, 6.45) is 8.05. The van der Waals surface area contributed by atoms with Crippen LogP contribution in [0.2, 0.25) is 0 Å². The zero-order valence-electron chi connectivity index (χ0n) is 16.0. The molecule has 0 rings (SSSR count). The number of carbonyl (C=O) groups is 3. The standard InChI is InChI=1S/C15H30O4.C4H6O2/c1-2-3-4-5-6-7-8-9-10-11-13(17)15(19)14(18)12-16;1-3(5)4(2)6/h14-16,18-19H,2-12H2,1H3;1-2H3. The molecule has 0 radical (unpaired) electrons. The molecule has 148 valence electrons. The molecular formula is C19H36O6.